The lowest BCUT2D eigenvalue weighted by Gasteiger charge is -2.24. The van der Waals surface area contributed by atoms with E-state index in [1.807, 2.05) is 13.9 Å². The maximum absolute atomic E-state index is 12.0. The van der Waals surface area contributed by atoms with Gasteiger partial charge in [0, 0.05) is 44.5 Å². The summed E-state index contributed by atoms with van der Waals surface area (Å²) in [5.41, 5.74) is 0. The van der Waals surface area contributed by atoms with Gasteiger partial charge in [0.15, 0.2) is 4.99 Å². The lowest BCUT2D eigenvalue weighted by atomic mass is 9.82. The summed E-state index contributed by atoms with van der Waals surface area (Å²) in [5.74, 6) is 51.1. The second-order valence-electron chi connectivity index (χ2n) is 8.80. The minimum atomic E-state index is -4.16. The second-order valence-corrected chi connectivity index (χ2v) is 10.7. The van der Waals surface area contributed by atoms with E-state index in [0.717, 1.165) is 26.4 Å². The van der Waals surface area contributed by atoms with Crippen LogP contribution in [0.4, 0.5) is 0 Å². The van der Waals surface area contributed by atoms with Crippen LogP contribution in [0.25, 0.3) is 0 Å². The van der Waals surface area contributed by atoms with Crippen molar-refractivity contribution in [1.29, 1.82) is 0 Å². The van der Waals surface area contributed by atoms with Crippen LogP contribution in [0, 0.1) is 124 Å². The lowest BCUT2D eigenvalue weighted by molar-refractivity contribution is -0.0192. The summed E-state index contributed by atoms with van der Waals surface area (Å²) in [4.78, 5) is 10.2. The van der Waals surface area contributed by atoms with Gasteiger partial charge in [0.05, 0.1) is 6.61 Å². The zero-order valence-corrected chi connectivity index (χ0v) is 27.8. The van der Waals surface area contributed by atoms with Gasteiger partial charge >= 0.3 is 7.82 Å². The SMILES string of the molecule is B[C@@H]1O[C@H](COC)C(OP(=O)(O)OC)[C@@H]1C/C=C/CCCCNC(=S)C#CC#CC#CC#CC#CC#CC#CC#CC#CC#CC. The van der Waals surface area contributed by atoms with Crippen molar-refractivity contribution in [3.63, 3.8) is 0 Å². The molecule has 0 aromatic carbocycles. The molecule has 1 heterocycles. The first-order valence-electron chi connectivity index (χ1n) is 13.9. The molecule has 1 rings (SSSR count). The Morgan fingerprint density at radius 1 is 0.870 bits per heavy atom. The van der Waals surface area contributed by atoms with Crippen LogP contribution >= 0.6 is 20.0 Å². The summed E-state index contributed by atoms with van der Waals surface area (Å²) in [6, 6.07) is -0.161. The summed E-state index contributed by atoms with van der Waals surface area (Å²) in [5, 5.41) is 3.08. The van der Waals surface area contributed by atoms with E-state index >= 15 is 0 Å². The summed E-state index contributed by atoms with van der Waals surface area (Å²) >= 11 is 5.20. The van der Waals surface area contributed by atoms with Gasteiger partial charge in [0.25, 0.3) is 0 Å². The number of phosphoric acid groups is 1. The van der Waals surface area contributed by atoms with Crippen molar-refractivity contribution >= 4 is 32.9 Å². The van der Waals surface area contributed by atoms with Crippen LogP contribution in [0.3, 0.4) is 0 Å². The van der Waals surface area contributed by atoms with Crippen LogP contribution in [0.1, 0.15) is 32.6 Å². The Morgan fingerprint density at radius 2 is 1.39 bits per heavy atom. The van der Waals surface area contributed by atoms with Gasteiger partial charge in [0.2, 0.25) is 0 Å². The highest BCUT2D eigenvalue weighted by Crippen LogP contribution is 2.48. The molecule has 1 saturated heterocycles. The van der Waals surface area contributed by atoms with Gasteiger partial charge in [-0.1, -0.05) is 30.3 Å². The van der Waals surface area contributed by atoms with Crippen LogP contribution in [0.5, 0.6) is 0 Å². The number of hydrogen-bond donors (Lipinski definition) is 2. The van der Waals surface area contributed by atoms with Crippen LogP contribution in [0.2, 0.25) is 0 Å². The van der Waals surface area contributed by atoms with Gasteiger partial charge in [-0.2, -0.15) is 0 Å². The number of thiocarbonyl (C=S) groups is 1. The smallest absolute Gasteiger partial charge is 0.382 e. The molecule has 7 nitrogen and oxygen atoms in total. The first kappa shape index (κ1) is 39.3. The number of ether oxygens (including phenoxy) is 2. The largest absolute Gasteiger partial charge is 0.472 e. The van der Waals surface area contributed by atoms with Gasteiger partial charge in [0.1, 0.15) is 20.1 Å². The predicted octanol–water partition coefficient (Wildman–Crippen LogP) is 1.83. The number of hydrogen-bond acceptors (Lipinski definition) is 6. The predicted molar refractivity (Wildman–Crippen MR) is 186 cm³/mol. The van der Waals surface area contributed by atoms with Crippen molar-refractivity contribution in [3.05, 3.63) is 12.2 Å². The Hall–Kier alpha value is -4.68. The van der Waals surface area contributed by atoms with Crippen molar-refractivity contribution in [2.24, 2.45) is 5.92 Å². The molecule has 5 atom stereocenters. The van der Waals surface area contributed by atoms with E-state index in [4.69, 9.17) is 26.2 Å². The number of phosphoric ester groups is 1. The highest BCUT2D eigenvalue weighted by Gasteiger charge is 2.45. The van der Waals surface area contributed by atoms with Crippen LogP contribution in [-0.4, -0.2) is 63.3 Å². The molecule has 230 valence electrons. The van der Waals surface area contributed by atoms with E-state index in [9.17, 15) is 9.46 Å². The third-order valence-corrected chi connectivity index (χ3v) is 6.84. The van der Waals surface area contributed by atoms with Gasteiger partial charge in [-0.25, -0.2) is 4.57 Å². The maximum atomic E-state index is 12.0. The summed E-state index contributed by atoms with van der Waals surface area (Å²) in [7, 11) is 0.438. The molecule has 0 aromatic rings. The second kappa shape index (κ2) is 25.6. The van der Waals surface area contributed by atoms with E-state index in [-0.39, 0.29) is 18.5 Å². The third kappa shape index (κ3) is 19.6. The minimum absolute atomic E-state index is 0.109. The Morgan fingerprint density at radius 3 is 1.89 bits per heavy atom. The molecule has 2 N–H and O–H groups in total. The minimum Gasteiger partial charge on any atom is -0.382 e. The van der Waals surface area contributed by atoms with Crippen molar-refractivity contribution in [1.82, 2.24) is 5.32 Å². The highest BCUT2D eigenvalue weighted by molar-refractivity contribution is 7.80. The maximum Gasteiger partial charge on any atom is 0.472 e. The van der Waals surface area contributed by atoms with Gasteiger partial charge < -0.3 is 19.7 Å². The lowest BCUT2D eigenvalue weighted by Crippen LogP contribution is -2.32. The first-order chi connectivity index (χ1) is 22.3. The number of allylic oxidation sites excluding steroid dienone is 2. The van der Waals surface area contributed by atoms with Crippen molar-refractivity contribution in [2.75, 3.05) is 27.4 Å². The van der Waals surface area contributed by atoms with Crippen LogP contribution in [-0.2, 0) is 23.1 Å². The Labute approximate surface area is 280 Å². The Bertz CT molecular complexity index is 1790. The molecule has 0 aromatic heterocycles. The molecule has 0 bridgehead atoms. The zero-order chi connectivity index (χ0) is 33.7. The standard InChI is InChI=1S/C36H31BNO6PS/c1-4-5-6-7-8-9-10-11-12-13-14-15-16-17-18-19-20-23-26-29-34(46)38-30-27-24-21-22-25-28-32-35(44-45(39,40)42-3)33(31-41-2)43-36(32)37/h22,25,32-33,35-36H,21,24,27-28,30-31,37H2,1-3H3,(H,38,46)(H,39,40)/b25-22+/t32-,33+,35?,36+/m0/s1. The first-order valence-corrected chi connectivity index (χ1v) is 15.8. The van der Waals surface area contributed by atoms with Crippen LogP contribution < -0.4 is 5.32 Å². The number of methoxy groups -OCH3 is 1. The summed E-state index contributed by atoms with van der Waals surface area (Å²) in [6.07, 6.45) is 6.41. The van der Waals surface area contributed by atoms with Gasteiger partial charge in [-0.3, -0.25) is 9.05 Å². The fraction of sp³-hybridized carbons (Fsp3) is 0.361. The van der Waals surface area contributed by atoms with Crippen molar-refractivity contribution < 1.29 is 28.0 Å². The van der Waals surface area contributed by atoms with E-state index in [2.05, 4.69) is 134 Å². The molecule has 1 fully saturated rings. The fourth-order valence-corrected chi connectivity index (χ4v) is 4.46. The van der Waals surface area contributed by atoms with E-state index < -0.39 is 20.0 Å². The monoisotopic (exact) mass is 647 g/mol. The average molecular weight is 647 g/mol. The molecule has 0 radical (unpaired) electrons. The van der Waals surface area contributed by atoms with Crippen molar-refractivity contribution in [2.45, 2.75) is 50.8 Å². The van der Waals surface area contributed by atoms with E-state index in [1.54, 1.807) is 14.0 Å². The highest BCUT2D eigenvalue weighted by atomic mass is 32.1. The van der Waals surface area contributed by atoms with Gasteiger partial charge in [-0.05, 0) is 133 Å². The molecule has 0 amide bonds. The Balaban J connectivity index is 2.33. The molecule has 0 saturated carbocycles. The molecule has 2 unspecified atom stereocenters. The van der Waals surface area contributed by atoms with Crippen molar-refractivity contribution in [3.8, 4) is 118 Å². The third-order valence-electron chi connectivity index (χ3n) is 5.62. The van der Waals surface area contributed by atoms with E-state index in [0.29, 0.717) is 18.0 Å². The molecular formula is C36H31BNO6PS. The topological polar surface area (TPSA) is 86.3 Å². The van der Waals surface area contributed by atoms with E-state index in [1.165, 1.54) is 0 Å². The molecule has 0 spiro atoms. The fourth-order valence-electron chi connectivity index (χ4n) is 3.62. The normalized spacial score (nSPS) is 17.7. The zero-order valence-electron chi connectivity index (χ0n) is 26.1. The van der Waals surface area contributed by atoms with Gasteiger partial charge in [-0.15, -0.1) is 0 Å². The number of nitrogens with one attached hydrogen (secondary N) is 1. The number of rotatable bonds is 12. The number of unbranched alkanes of at least 4 members (excludes halogenated alkanes) is 2. The quantitative estimate of drug-likeness (QED) is 0.0830. The average Bonchev–Trinajstić information content (AvgIpc) is 3.31. The molecule has 1 aliphatic heterocycles. The van der Waals surface area contributed by atoms with Crippen LogP contribution in [0.15, 0.2) is 12.2 Å². The Kier molecular flexibility index (Phi) is 21.9. The summed E-state index contributed by atoms with van der Waals surface area (Å²) in [6.45, 7) is 2.63. The molecular weight excluding hydrogens is 616 g/mol. The molecule has 10 heteroatoms. The molecule has 0 aliphatic carbocycles. The molecule has 1 aliphatic rings. The summed E-state index contributed by atoms with van der Waals surface area (Å²) < 4.78 is 33.1. The molecule has 46 heavy (non-hydrogen) atoms.